The van der Waals surface area contributed by atoms with Crippen molar-refractivity contribution in [3.8, 4) is 5.75 Å². The van der Waals surface area contributed by atoms with Gasteiger partial charge in [0.1, 0.15) is 16.5 Å². The zero-order valence-corrected chi connectivity index (χ0v) is 10.1. The number of alkyl halides is 2. The maximum absolute atomic E-state index is 12.0. The Morgan fingerprint density at radius 1 is 1.53 bits per heavy atom. The molecular weight excluding hydrogens is 254 g/mol. The first-order valence-electron chi connectivity index (χ1n) is 4.73. The van der Waals surface area contributed by atoms with Gasteiger partial charge in [-0.05, 0) is 6.92 Å². The molecule has 1 N–H and O–H groups in total. The summed E-state index contributed by atoms with van der Waals surface area (Å²) in [6.07, 6.45) is 2.01. The molecule has 0 saturated carbocycles. The summed E-state index contributed by atoms with van der Waals surface area (Å²) in [7, 11) is -3.56. The van der Waals surface area contributed by atoms with Crippen molar-refractivity contribution in [1.82, 2.24) is 4.98 Å². The van der Waals surface area contributed by atoms with Gasteiger partial charge in [-0.15, -0.1) is 0 Å². The number of aromatic nitrogens is 1. The van der Waals surface area contributed by atoms with Crippen LogP contribution in [0.5, 0.6) is 5.75 Å². The Bertz CT molecular complexity index is 491. The highest BCUT2D eigenvalue weighted by molar-refractivity contribution is 7.90. The van der Waals surface area contributed by atoms with Crippen molar-refractivity contribution >= 4 is 15.7 Å². The van der Waals surface area contributed by atoms with Crippen molar-refractivity contribution < 1.29 is 21.9 Å². The summed E-state index contributed by atoms with van der Waals surface area (Å²) in [5.41, 5.74) is 0. The molecule has 1 aromatic heterocycles. The van der Waals surface area contributed by atoms with Gasteiger partial charge >= 0.3 is 6.61 Å². The highest BCUT2D eigenvalue weighted by Crippen LogP contribution is 2.24. The molecule has 1 rings (SSSR count). The van der Waals surface area contributed by atoms with Gasteiger partial charge in [-0.1, -0.05) is 0 Å². The largest absolute Gasteiger partial charge is 0.433 e. The van der Waals surface area contributed by atoms with Gasteiger partial charge in [-0.3, -0.25) is 0 Å². The molecule has 1 aromatic rings. The second-order valence-electron chi connectivity index (χ2n) is 3.20. The van der Waals surface area contributed by atoms with E-state index in [0.717, 1.165) is 18.5 Å². The molecule has 0 aliphatic heterocycles. The Morgan fingerprint density at radius 3 is 2.65 bits per heavy atom. The van der Waals surface area contributed by atoms with Crippen LogP contribution in [-0.4, -0.2) is 32.8 Å². The normalized spacial score (nSPS) is 11.6. The summed E-state index contributed by atoms with van der Waals surface area (Å²) < 4.78 is 50.9. The van der Waals surface area contributed by atoms with Crippen LogP contribution in [0.1, 0.15) is 6.92 Å². The maximum Gasteiger partial charge on any atom is 0.387 e. The first-order valence-corrected chi connectivity index (χ1v) is 6.62. The van der Waals surface area contributed by atoms with Gasteiger partial charge in [0.05, 0.1) is 6.20 Å². The van der Waals surface area contributed by atoms with Gasteiger partial charge in [0, 0.05) is 18.9 Å². The molecule has 0 aliphatic rings. The second kappa shape index (κ2) is 5.26. The van der Waals surface area contributed by atoms with Crippen LogP contribution in [0.25, 0.3) is 0 Å². The molecule has 0 unspecified atom stereocenters. The van der Waals surface area contributed by atoms with Crippen LogP contribution in [0, 0.1) is 0 Å². The topological polar surface area (TPSA) is 68.3 Å². The van der Waals surface area contributed by atoms with E-state index in [4.69, 9.17) is 0 Å². The molecule has 0 radical (unpaired) electrons. The third kappa shape index (κ3) is 3.81. The van der Waals surface area contributed by atoms with Crippen LogP contribution in [0.2, 0.25) is 0 Å². The fourth-order valence-corrected chi connectivity index (χ4v) is 1.98. The fourth-order valence-electron chi connectivity index (χ4n) is 1.18. The lowest BCUT2D eigenvalue weighted by atomic mass is 10.4. The van der Waals surface area contributed by atoms with E-state index in [-0.39, 0.29) is 16.5 Å². The molecule has 0 aliphatic carbocycles. The van der Waals surface area contributed by atoms with Crippen LogP contribution in [-0.2, 0) is 9.84 Å². The summed E-state index contributed by atoms with van der Waals surface area (Å²) in [4.78, 5) is 3.57. The Labute approximate surface area is 97.7 Å². The van der Waals surface area contributed by atoms with E-state index in [9.17, 15) is 17.2 Å². The highest BCUT2D eigenvalue weighted by Gasteiger charge is 2.17. The second-order valence-corrected chi connectivity index (χ2v) is 5.18. The Morgan fingerprint density at radius 2 is 2.18 bits per heavy atom. The van der Waals surface area contributed by atoms with Crippen molar-refractivity contribution in [1.29, 1.82) is 0 Å². The van der Waals surface area contributed by atoms with E-state index in [2.05, 4.69) is 15.0 Å². The van der Waals surface area contributed by atoms with E-state index in [1.807, 2.05) is 0 Å². The van der Waals surface area contributed by atoms with Gasteiger partial charge in [-0.25, -0.2) is 13.4 Å². The number of nitrogens with zero attached hydrogens (tertiary/aromatic N) is 1. The first-order chi connectivity index (χ1) is 7.84. The van der Waals surface area contributed by atoms with E-state index >= 15 is 0 Å². The quantitative estimate of drug-likeness (QED) is 0.875. The van der Waals surface area contributed by atoms with E-state index in [1.165, 1.54) is 0 Å². The Kier molecular flexibility index (Phi) is 4.22. The predicted molar refractivity (Wildman–Crippen MR) is 58.1 cm³/mol. The van der Waals surface area contributed by atoms with E-state index < -0.39 is 16.4 Å². The molecule has 0 saturated heterocycles. The van der Waals surface area contributed by atoms with Crippen molar-refractivity contribution in [2.24, 2.45) is 0 Å². The Hall–Kier alpha value is -1.44. The third-order valence-corrected chi connectivity index (χ3v) is 2.91. The number of ether oxygens (including phenoxy) is 1. The van der Waals surface area contributed by atoms with Gasteiger partial charge < -0.3 is 10.1 Å². The number of anilines is 1. The molecule has 5 nitrogen and oxygen atoms in total. The van der Waals surface area contributed by atoms with Crippen LogP contribution >= 0.6 is 0 Å². The standard InChI is InChI=1S/C9H12F2N2O3S/c1-3-12-8-7(17(2,14)15)4-6(5-13-8)16-9(10)11/h4-5,9H,3H2,1-2H3,(H,12,13). The number of sulfone groups is 1. The number of hydrogen-bond donors (Lipinski definition) is 1. The minimum absolute atomic E-state index is 0.122. The van der Waals surface area contributed by atoms with Crippen LogP contribution in [0.15, 0.2) is 17.2 Å². The minimum atomic E-state index is -3.56. The molecule has 0 aromatic carbocycles. The van der Waals surface area contributed by atoms with Crippen LogP contribution < -0.4 is 10.1 Å². The molecule has 8 heteroatoms. The lowest BCUT2D eigenvalue weighted by Gasteiger charge is -2.10. The predicted octanol–water partition coefficient (Wildman–Crippen LogP) is 1.52. The average Bonchev–Trinajstić information content (AvgIpc) is 2.18. The fraction of sp³-hybridized carbons (Fsp3) is 0.444. The number of nitrogens with one attached hydrogen (secondary N) is 1. The monoisotopic (exact) mass is 266 g/mol. The zero-order chi connectivity index (χ0) is 13.1. The van der Waals surface area contributed by atoms with Gasteiger partial charge in [-0.2, -0.15) is 8.78 Å². The van der Waals surface area contributed by atoms with E-state index in [1.54, 1.807) is 6.92 Å². The highest BCUT2D eigenvalue weighted by atomic mass is 32.2. The molecule has 0 fully saturated rings. The van der Waals surface area contributed by atoms with E-state index in [0.29, 0.717) is 6.54 Å². The average molecular weight is 266 g/mol. The summed E-state index contributed by atoms with van der Waals surface area (Å²) in [6, 6.07) is 1.02. The summed E-state index contributed by atoms with van der Waals surface area (Å²) in [6.45, 7) is -0.795. The van der Waals surface area contributed by atoms with Crippen molar-refractivity contribution in [2.75, 3.05) is 18.1 Å². The summed E-state index contributed by atoms with van der Waals surface area (Å²) in [5.74, 6) is -0.168. The van der Waals surface area contributed by atoms with Crippen molar-refractivity contribution in [2.45, 2.75) is 18.4 Å². The molecule has 0 spiro atoms. The minimum Gasteiger partial charge on any atom is -0.433 e. The number of hydrogen-bond acceptors (Lipinski definition) is 5. The molecule has 1 heterocycles. The molecule has 17 heavy (non-hydrogen) atoms. The van der Waals surface area contributed by atoms with Crippen molar-refractivity contribution in [3.05, 3.63) is 12.3 Å². The molecule has 0 amide bonds. The summed E-state index contributed by atoms with van der Waals surface area (Å²) >= 11 is 0. The van der Waals surface area contributed by atoms with Crippen molar-refractivity contribution in [3.63, 3.8) is 0 Å². The molecule has 0 atom stereocenters. The SMILES string of the molecule is CCNc1ncc(OC(F)F)cc1S(C)(=O)=O. The van der Waals surface area contributed by atoms with Gasteiger partial charge in [0.25, 0.3) is 0 Å². The van der Waals surface area contributed by atoms with Gasteiger partial charge in [0.15, 0.2) is 9.84 Å². The number of rotatable bonds is 5. The van der Waals surface area contributed by atoms with Gasteiger partial charge in [0.2, 0.25) is 0 Å². The third-order valence-electron chi connectivity index (χ3n) is 1.80. The molecule has 96 valence electrons. The molecular formula is C9H12F2N2O3S. The molecule has 0 bridgehead atoms. The number of pyridine rings is 1. The van der Waals surface area contributed by atoms with Crippen LogP contribution in [0.3, 0.4) is 0 Å². The lowest BCUT2D eigenvalue weighted by molar-refractivity contribution is -0.0502. The smallest absolute Gasteiger partial charge is 0.387 e. The zero-order valence-electron chi connectivity index (χ0n) is 9.28. The summed E-state index contributed by atoms with van der Waals surface area (Å²) in [5, 5.41) is 2.73. The number of halogens is 2. The lowest BCUT2D eigenvalue weighted by Crippen LogP contribution is -2.09. The first kappa shape index (κ1) is 13.6. The Balaban J connectivity index is 3.20. The maximum atomic E-state index is 12.0. The van der Waals surface area contributed by atoms with Crippen LogP contribution in [0.4, 0.5) is 14.6 Å².